The second kappa shape index (κ2) is 8.88. The molecule has 1 aliphatic heterocycles. The van der Waals surface area contributed by atoms with E-state index in [9.17, 15) is 0 Å². The number of rotatable bonds is 4. The van der Waals surface area contributed by atoms with Crippen molar-refractivity contribution in [3.8, 4) is 6.07 Å². The smallest absolute Gasteiger partial charge is 0.169 e. The number of hydrogen-bond acceptors (Lipinski definition) is 3. The van der Waals surface area contributed by atoms with Crippen LogP contribution in [-0.4, -0.2) is 42.7 Å². The normalized spacial score (nSPS) is 14.0. The zero-order valence-corrected chi connectivity index (χ0v) is 16.1. The molecule has 6 heteroatoms. The van der Waals surface area contributed by atoms with Crippen molar-refractivity contribution in [2.45, 2.75) is 6.42 Å². The van der Waals surface area contributed by atoms with E-state index in [0.717, 1.165) is 55.0 Å². The van der Waals surface area contributed by atoms with E-state index >= 15 is 0 Å². The Morgan fingerprint density at radius 2 is 1.69 bits per heavy atom. The van der Waals surface area contributed by atoms with Crippen LogP contribution in [0.4, 0.5) is 5.69 Å². The summed E-state index contributed by atoms with van der Waals surface area (Å²) in [6.45, 7) is 4.45. The summed E-state index contributed by atoms with van der Waals surface area (Å²) in [7, 11) is 0. The minimum absolute atomic E-state index is 0.693. The fourth-order valence-corrected chi connectivity index (χ4v) is 3.40. The molecule has 0 radical (unpaired) electrons. The number of nitrogens with one attached hydrogen (secondary N) is 1. The molecule has 1 fully saturated rings. The third kappa shape index (κ3) is 4.87. The van der Waals surface area contributed by atoms with Crippen LogP contribution < -0.4 is 10.2 Å². The van der Waals surface area contributed by atoms with Crippen LogP contribution in [0.3, 0.4) is 0 Å². The van der Waals surface area contributed by atoms with Crippen molar-refractivity contribution < 1.29 is 0 Å². The maximum Gasteiger partial charge on any atom is 0.169 e. The summed E-state index contributed by atoms with van der Waals surface area (Å²) in [6, 6.07) is 17.8. The van der Waals surface area contributed by atoms with Gasteiger partial charge in [-0.15, -0.1) is 0 Å². The summed E-state index contributed by atoms with van der Waals surface area (Å²) in [5.41, 5.74) is 3.10. The molecule has 0 atom stereocenters. The molecule has 2 aromatic rings. The molecule has 1 N–H and O–H groups in total. The van der Waals surface area contributed by atoms with Gasteiger partial charge in [-0.2, -0.15) is 5.26 Å². The summed E-state index contributed by atoms with van der Waals surface area (Å²) in [6.07, 6.45) is 0.919. The van der Waals surface area contributed by atoms with Crippen molar-refractivity contribution in [1.29, 1.82) is 5.26 Å². The lowest BCUT2D eigenvalue weighted by Crippen LogP contribution is -2.52. The van der Waals surface area contributed by atoms with Crippen LogP contribution >= 0.6 is 23.8 Å². The zero-order valence-electron chi connectivity index (χ0n) is 14.5. The lowest BCUT2D eigenvalue weighted by molar-refractivity contribution is 0.380. The highest BCUT2D eigenvalue weighted by molar-refractivity contribution is 7.80. The number of benzene rings is 2. The van der Waals surface area contributed by atoms with Crippen molar-refractivity contribution in [3.63, 3.8) is 0 Å². The average molecular weight is 385 g/mol. The fraction of sp³-hybridized carbons (Fsp3) is 0.300. The van der Waals surface area contributed by atoms with E-state index < -0.39 is 0 Å². The van der Waals surface area contributed by atoms with Crippen LogP contribution in [0.1, 0.15) is 11.1 Å². The Labute approximate surface area is 165 Å². The monoisotopic (exact) mass is 384 g/mol. The van der Waals surface area contributed by atoms with Gasteiger partial charge in [0.25, 0.3) is 0 Å². The molecule has 0 bridgehead atoms. The van der Waals surface area contributed by atoms with Crippen LogP contribution in [0.5, 0.6) is 0 Å². The van der Waals surface area contributed by atoms with E-state index in [4.69, 9.17) is 29.1 Å². The van der Waals surface area contributed by atoms with Crippen LogP contribution in [-0.2, 0) is 6.42 Å². The van der Waals surface area contributed by atoms with Crippen molar-refractivity contribution in [2.24, 2.45) is 0 Å². The summed E-state index contributed by atoms with van der Waals surface area (Å²) < 4.78 is 0. The first-order chi connectivity index (χ1) is 12.7. The van der Waals surface area contributed by atoms with E-state index in [1.54, 1.807) is 0 Å². The molecular weight excluding hydrogens is 364 g/mol. The summed E-state index contributed by atoms with van der Waals surface area (Å²) >= 11 is 11.4. The van der Waals surface area contributed by atoms with Gasteiger partial charge in [-0.25, -0.2) is 0 Å². The van der Waals surface area contributed by atoms with E-state index in [1.165, 1.54) is 5.56 Å². The third-order valence-corrected chi connectivity index (χ3v) is 5.19. The molecule has 0 spiro atoms. The lowest BCUT2D eigenvalue weighted by atomic mass is 10.1. The van der Waals surface area contributed by atoms with Crippen LogP contribution in [0.25, 0.3) is 0 Å². The predicted octanol–water partition coefficient (Wildman–Crippen LogP) is 3.45. The Hall–Kier alpha value is -2.29. The molecule has 2 aromatic carbocycles. The Morgan fingerprint density at radius 3 is 2.31 bits per heavy atom. The van der Waals surface area contributed by atoms with Gasteiger partial charge in [0, 0.05) is 43.4 Å². The molecule has 0 aromatic heterocycles. The van der Waals surface area contributed by atoms with Gasteiger partial charge in [0.2, 0.25) is 0 Å². The first-order valence-corrected chi connectivity index (χ1v) is 9.46. The number of thiocarbonyl (C=S) groups is 1. The van der Waals surface area contributed by atoms with Gasteiger partial charge in [0.1, 0.15) is 0 Å². The highest BCUT2D eigenvalue weighted by atomic mass is 35.5. The molecule has 0 aliphatic carbocycles. The first kappa shape index (κ1) is 18.5. The van der Waals surface area contributed by atoms with Crippen molar-refractivity contribution in [2.75, 3.05) is 37.6 Å². The fourth-order valence-electron chi connectivity index (χ4n) is 2.99. The molecule has 0 unspecified atom stereocenters. The van der Waals surface area contributed by atoms with Crippen molar-refractivity contribution in [3.05, 3.63) is 64.7 Å². The molecule has 134 valence electrons. The summed E-state index contributed by atoms with van der Waals surface area (Å²) in [5.74, 6) is 0. The number of hydrogen-bond donors (Lipinski definition) is 1. The highest BCUT2D eigenvalue weighted by Crippen LogP contribution is 2.17. The predicted molar refractivity (Wildman–Crippen MR) is 111 cm³/mol. The second-order valence-electron chi connectivity index (χ2n) is 6.24. The maximum absolute atomic E-state index is 8.89. The Bertz CT molecular complexity index is 775. The van der Waals surface area contributed by atoms with Crippen molar-refractivity contribution in [1.82, 2.24) is 10.2 Å². The van der Waals surface area contributed by atoms with Crippen LogP contribution in [0, 0.1) is 11.3 Å². The minimum atomic E-state index is 0.693. The molecule has 4 nitrogen and oxygen atoms in total. The Balaban J connectivity index is 1.43. The second-order valence-corrected chi connectivity index (χ2v) is 7.06. The highest BCUT2D eigenvalue weighted by Gasteiger charge is 2.18. The van der Waals surface area contributed by atoms with Gasteiger partial charge in [-0.3, -0.25) is 0 Å². The maximum atomic E-state index is 8.89. The van der Waals surface area contributed by atoms with Crippen molar-refractivity contribution >= 4 is 34.6 Å². The van der Waals surface area contributed by atoms with E-state index in [2.05, 4.69) is 21.2 Å². The molecule has 1 heterocycles. The van der Waals surface area contributed by atoms with E-state index in [1.807, 2.05) is 48.5 Å². The van der Waals surface area contributed by atoms with Gasteiger partial charge in [-0.1, -0.05) is 23.7 Å². The standard InChI is InChI=1S/C20H21ClN4S/c21-18-5-1-16(2-6-18)9-10-23-20(26)25-13-11-24(12-14-25)19-7-3-17(15-22)4-8-19/h1-8H,9-14H2,(H,23,26). The molecule has 0 amide bonds. The average Bonchev–Trinajstić information content (AvgIpc) is 2.69. The van der Waals surface area contributed by atoms with Gasteiger partial charge >= 0.3 is 0 Å². The van der Waals surface area contributed by atoms with Gasteiger partial charge in [0.05, 0.1) is 11.6 Å². The number of piperazine rings is 1. The van der Waals surface area contributed by atoms with E-state index in [-0.39, 0.29) is 0 Å². The molecule has 3 rings (SSSR count). The summed E-state index contributed by atoms with van der Waals surface area (Å²) in [5, 5.41) is 13.8. The third-order valence-electron chi connectivity index (χ3n) is 4.53. The number of anilines is 1. The topological polar surface area (TPSA) is 42.3 Å². The van der Waals surface area contributed by atoms with Crippen LogP contribution in [0.2, 0.25) is 5.02 Å². The molecular formula is C20H21ClN4S. The first-order valence-electron chi connectivity index (χ1n) is 8.68. The summed E-state index contributed by atoms with van der Waals surface area (Å²) in [4.78, 5) is 4.55. The quantitative estimate of drug-likeness (QED) is 0.818. The van der Waals surface area contributed by atoms with Crippen LogP contribution in [0.15, 0.2) is 48.5 Å². The number of halogens is 1. The molecule has 1 saturated heterocycles. The Kier molecular flexibility index (Phi) is 6.32. The number of nitriles is 1. The SMILES string of the molecule is N#Cc1ccc(N2CCN(C(=S)NCCc3ccc(Cl)cc3)CC2)cc1. The van der Waals surface area contributed by atoms with Gasteiger partial charge < -0.3 is 15.1 Å². The lowest BCUT2D eigenvalue weighted by Gasteiger charge is -2.37. The van der Waals surface area contributed by atoms with E-state index in [0.29, 0.717) is 5.56 Å². The van der Waals surface area contributed by atoms with Gasteiger partial charge in [0.15, 0.2) is 5.11 Å². The molecule has 26 heavy (non-hydrogen) atoms. The Morgan fingerprint density at radius 1 is 1.04 bits per heavy atom. The largest absolute Gasteiger partial charge is 0.368 e. The number of nitrogens with zero attached hydrogens (tertiary/aromatic N) is 3. The van der Waals surface area contributed by atoms with Gasteiger partial charge in [-0.05, 0) is 60.6 Å². The molecule has 1 aliphatic rings. The zero-order chi connectivity index (χ0) is 18.4. The molecule has 0 saturated carbocycles. The minimum Gasteiger partial charge on any atom is -0.368 e.